The van der Waals surface area contributed by atoms with Gasteiger partial charge in [-0.25, -0.2) is 4.98 Å². The number of hydrogen-bond acceptors (Lipinski definition) is 3. The van der Waals surface area contributed by atoms with Gasteiger partial charge in [0.25, 0.3) is 0 Å². The summed E-state index contributed by atoms with van der Waals surface area (Å²) in [7, 11) is 0. The third kappa shape index (κ3) is 2.70. The van der Waals surface area contributed by atoms with E-state index < -0.39 is 0 Å². The lowest BCUT2D eigenvalue weighted by atomic mass is 10.3. The summed E-state index contributed by atoms with van der Waals surface area (Å²) in [5, 5.41) is 1.46. The third-order valence-corrected chi connectivity index (χ3v) is 4.08. The summed E-state index contributed by atoms with van der Waals surface area (Å²) in [5.74, 6) is 0. The molecule has 2 rings (SSSR count). The molecule has 0 saturated heterocycles. The summed E-state index contributed by atoms with van der Waals surface area (Å²) in [6.07, 6.45) is 1.62. The number of rotatable bonds is 2. The molecule has 0 unspecified atom stereocenters. The van der Waals surface area contributed by atoms with Gasteiger partial charge in [-0.3, -0.25) is 0 Å². The van der Waals surface area contributed by atoms with E-state index in [1.165, 1.54) is 11.8 Å². The largest absolute Gasteiger partial charge is 0.398 e. The lowest BCUT2D eigenvalue weighted by molar-refractivity contribution is 1.11. The van der Waals surface area contributed by atoms with Crippen LogP contribution in [0.25, 0.3) is 0 Å². The summed E-state index contributed by atoms with van der Waals surface area (Å²) in [5.41, 5.74) is 6.60. The predicted octanol–water partition coefficient (Wildman–Crippen LogP) is 4.23. The zero-order valence-electron chi connectivity index (χ0n) is 8.15. The van der Waals surface area contributed by atoms with Crippen molar-refractivity contribution < 1.29 is 0 Å². The van der Waals surface area contributed by atoms with Crippen molar-refractivity contribution in [1.82, 2.24) is 4.98 Å². The van der Waals surface area contributed by atoms with Crippen LogP contribution >= 0.6 is 39.3 Å². The summed E-state index contributed by atoms with van der Waals surface area (Å²) in [6.45, 7) is 0. The van der Waals surface area contributed by atoms with Gasteiger partial charge in [0, 0.05) is 16.8 Å². The third-order valence-electron chi connectivity index (χ3n) is 1.90. The van der Waals surface area contributed by atoms with Gasteiger partial charge >= 0.3 is 0 Å². The molecule has 0 amide bonds. The van der Waals surface area contributed by atoms with Crippen LogP contribution in [0.2, 0.25) is 5.02 Å². The smallest absolute Gasteiger partial charge is 0.115 e. The molecule has 2 aromatic rings. The predicted molar refractivity (Wildman–Crippen MR) is 71.9 cm³/mol. The number of aromatic nitrogens is 1. The molecule has 5 heteroatoms. The number of benzene rings is 1. The summed E-state index contributed by atoms with van der Waals surface area (Å²) < 4.78 is 0.869. The normalized spacial score (nSPS) is 10.4. The second kappa shape index (κ2) is 5.08. The molecular weight excluding hydrogens is 308 g/mol. The van der Waals surface area contributed by atoms with Crippen molar-refractivity contribution in [3.05, 3.63) is 46.0 Å². The number of pyridine rings is 1. The van der Waals surface area contributed by atoms with Gasteiger partial charge in [0.15, 0.2) is 0 Å². The van der Waals surface area contributed by atoms with Gasteiger partial charge in [-0.15, -0.1) is 0 Å². The van der Waals surface area contributed by atoms with Crippen molar-refractivity contribution in [2.75, 3.05) is 5.73 Å². The molecular formula is C11H8BrClN2S. The van der Waals surface area contributed by atoms with Crippen LogP contribution in [0.5, 0.6) is 0 Å². The average Bonchev–Trinajstić information content (AvgIpc) is 2.25. The van der Waals surface area contributed by atoms with Crippen LogP contribution in [0.4, 0.5) is 5.69 Å². The first kappa shape index (κ1) is 11.8. The lowest BCUT2D eigenvalue weighted by Crippen LogP contribution is -1.88. The highest BCUT2D eigenvalue weighted by Gasteiger charge is 2.06. The van der Waals surface area contributed by atoms with E-state index in [9.17, 15) is 0 Å². The molecule has 0 saturated carbocycles. The number of para-hydroxylation sites is 1. The fraction of sp³-hybridized carbons (Fsp3) is 0. The molecule has 1 aromatic heterocycles. The average molecular weight is 316 g/mol. The van der Waals surface area contributed by atoms with E-state index in [-0.39, 0.29) is 0 Å². The Labute approximate surface area is 111 Å². The first-order chi connectivity index (χ1) is 7.66. The minimum atomic E-state index is 0.609. The van der Waals surface area contributed by atoms with E-state index in [2.05, 4.69) is 20.9 Å². The maximum atomic E-state index is 5.86. The Bertz CT molecular complexity index is 519. The Morgan fingerprint density at radius 3 is 2.75 bits per heavy atom. The molecule has 0 bridgehead atoms. The minimum absolute atomic E-state index is 0.609. The van der Waals surface area contributed by atoms with Gasteiger partial charge < -0.3 is 5.73 Å². The van der Waals surface area contributed by atoms with E-state index in [4.69, 9.17) is 17.3 Å². The molecule has 0 aliphatic rings. The second-order valence-electron chi connectivity index (χ2n) is 3.08. The zero-order chi connectivity index (χ0) is 11.5. The quantitative estimate of drug-likeness (QED) is 0.843. The molecule has 0 aliphatic carbocycles. The number of nitrogen functional groups attached to an aromatic ring is 1. The zero-order valence-corrected chi connectivity index (χ0v) is 11.3. The van der Waals surface area contributed by atoms with Gasteiger partial charge in [-0.2, -0.15) is 0 Å². The van der Waals surface area contributed by atoms with Crippen molar-refractivity contribution >= 4 is 45.0 Å². The number of hydrogen-bond donors (Lipinski definition) is 1. The molecule has 0 spiro atoms. The van der Waals surface area contributed by atoms with Gasteiger partial charge in [0.2, 0.25) is 0 Å². The monoisotopic (exact) mass is 314 g/mol. The van der Waals surface area contributed by atoms with Crippen LogP contribution in [0.3, 0.4) is 0 Å². The molecule has 0 radical (unpaired) electrons. The molecule has 2 nitrogen and oxygen atoms in total. The molecule has 1 heterocycles. The van der Waals surface area contributed by atoms with E-state index in [1.807, 2.05) is 30.3 Å². The fourth-order valence-corrected chi connectivity index (χ4v) is 2.84. The fourth-order valence-electron chi connectivity index (χ4n) is 1.15. The maximum Gasteiger partial charge on any atom is 0.115 e. The van der Waals surface area contributed by atoms with Crippen molar-refractivity contribution in [3.8, 4) is 0 Å². The van der Waals surface area contributed by atoms with Gasteiger partial charge in [0.1, 0.15) is 5.03 Å². The van der Waals surface area contributed by atoms with Crippen LogP contribution in [0.15, 0.2) is 50.9 Å². The minimum Gasteiger partial charge on any atom is -0.398 e. The van der Waals surface area contributed by atoms with Crippen molar-refractivity contribution in [3.63, 3.8) is 0 Å². The van der Waals surface area contributed by atoms with Gasteiger partial charge in [-0.05, 0) is 34.1 Å². The molecule has 16 heavy (non-hydrogen) atoms. The lowest BCUT2D eigenvalue weighted by Gasteiger charge is -2.05. The van der Waals surface area contributed by atoms with Crippen molar-refractivity contribution in [2.24, 2.45) is 0 Å². The van der Waals surface area contributed by atoms with Gasteiger partial charge in [-0.1, -0.05) is 35.5 Å². The van der Waals surface area contributed by atoms with Gasteiger partial charge in [0.05, 0.1) is 9.50 Å². The molecule has 1 aromatic carbocycles. The van der Waals surface area contributed by atoms with E-state index in [1.54, 1.807) is 6.20 Å². The molecule has 0 atom stereocenters. The van der Waals surface area contributed by atoms with E-state index >= 15 is 0 Å². The standard InChI is InChI=1S/C11H8BrClN2S/c12-8-5-7(13)6-15-11(8)16-10-4-2-1-3-9(10)14/h1-6H,14H2. The van der Waals surface area contributed by atoms with Crippen molar-refractivity contribution in [2.45, 2.75) is 9.92 Å². The second-order valence-corrected chi connectivity index (χ2v) is 5.40. The summed E-state index contributed by atoms with van der Waals surface area (Å²) in [4.78, 5) is 5.23. The number of halogens is 2. The molecule has 0 fully saturated rings. The summed E-state index contributed by atoms with van der Waals surface area (Å²) >= 11 is 10.8. The highest BCUT2D eigenvalue weighted by Crippen LogP contribution is 2.35. The van der Waals surface area contributed by atoms with Crippen LogP contribution in [0.1, 0.15) is 0 Å². The maximum absolute atomic E-state index is 5.86. The number of nitrogens with zero attached hydrogens (tertiary/aromatic N) is 1. The molecule has 82 valence electrons. The van der Waals surface area contributed by atoms with Crippen LogP contribution in [-0.4, -0.2) is 4.98 Å². The Morgan fingerprint density at radius 2 is 2.06 bits per heavy atom. The van der Waals surface area contributed by atoms with E-state index in [0.29, 0.717) is 5.02 Å². The highest BCUT2D eigenvalue weighted by molar-refractivity contribution is 9.10. The SMILES string of the molecule is Nc1ccccc1Sc1ncc(Cl)cc1Br. The van der Waals surface area contributed by atoms with Crippen molar-refractivity contribution in [1.29, 1.82) is 0 Å². The molecule has 0 aliphatic heterocycles. The van der Waals surface area contributed by atoms with Crippen LogP contribution in [0, 0.1) is 0 Å². The Morgan fingerprint density at radius 1 is 1.31 bits per heavy atom. The number of anilines is 1. The Kier molecular flexibility index (Phi) is 3.74. The first-order valence-electron chi connectivity index (χ1n) is 4.50. The highest BCUT2D eigenvalue weighted by atomic mass is 79.9. The molecule has 2 N–H and O–H groups in total. The van der Waals surface area contributed by atoms with Crippen LogP contribution < -0.4 is 5.73 Å². The summed E-state index contributed by atoms with van der Waals surface area (Å²) in [6, 6.07) is 9.50. The first-order valence-corrected chi connectivity index (χ1v) is 6.49. The Balaban J connectivity index is 2.31. The topological polar surface area (TPSA) is 38.9 Å². The van der Waals surface area contributed by atoms with Crippen LogP contribution in [-0.2, 0) is 0 Å². The number of nitrogens with two attached hydrogens (primary N) is 1. The van der Waals surface area contributed by atoms with E-state index in [0.717, 1.165) is 20.1 Å². The Hall–Kier alpha value is -0.710.